The molecule has 0 aliphatic carbocycles. The summed E-state index contributed by atoms with van der Waals surface area (Å²) in [4.78, 5) is 48.9. The van der Waals surface area contributed by atoms with Crippen molar-refractivity contribution < 1.29 is 14.3 Å². The van der Waals surface area contributed by atoms with E-state index < -0.39 is 36.3 Å². The maximum atomic E-state index is 12.6. The Hall–Kier alpha value is -3.94. The molecule has 8 heteroatoms. The van der Waals surface area contributed by atoms with Crippen LogP contribution in [-0.2, 0) is 27.4 Å². The maximum Gasteiger partial charge on any atom is 0.331 e. The average Bonchev–Trinajstić information content (AvgIpc) is 2.75. The fourth-order valence-corrected chi connectivity index (χ4v) is 2.94. The lowest BCUT2D eigenvalue weighted by Gasteiger charge is -2.11. The molecule has 1 N–H and O–H groups in total. The minimum absolute atomic E-state index is 0.257. The lowest BCUT2D eigenvalue weighted by atomic mass is 10.1. The normalized spacial score (nSPS) is 10.5. The minimum atomic E-state index is -0.855. The van der Waals surface area contributed by atoms with Gasteiger partial charge in [-0.2, -0.15) is 0 Å². The van der Waals surface area contributed by atoms with Crippen molar-refractivity contribution in [3.05, 3.63) is 98.3 Å². The van der Waals surface area contributed by atoms with Gasteiger partial charge in [-0.05, 0) is 42.7 Å². The zero-order valence-corrected chi connectivity index (χ0v) is 17.3. The van der Waals surface area contributed by atoms with Crippen LogP contribution in [0.2, 0.25) is 0 Å². The van der Waals surface area contributed by atoms with Crippen LogP contribution < -0.4 is 16.6 Å². The van der Waals surface area contributed by atoms with E-state index in [9.17, 15) is 19.2 Å². The fourth-order valence-electron chi connectivity index (χ4n) is 2.94. The molecule has 0 radical (unpaired) electrons. The molecule has 0 bridgehead atoms. The second-order valence-electron chi connectivity index (χ2n) is 7.14. The number of anilines is 1. The summed E-state index contributed by atoms with van der Waals surface area (Å²) in [5.74, 6) is -1.37. The lowest BCUT2D eigenvalue weighted by molar-refractivity contribution is -0.148. The predicted molar refractivity (Wildman–Crippen MR) is 116 cm³/mol. The molecule has 0 unspecified atom stereocenters. The average molecular weight is 421 g/mol. The van der Waals surface area contributed by atoms with Crippen molar-refractivity contribution in [3.8, 4) is 0 Å². The SMILES string of the molecule is Cc1ccc(NC(=O)COC(=O)Cn2c(=O)ccn(Cc3ccccc3)c2=O)cc1C. The number of aromatic nitrogens is 2. The third-order valence-corrected chi connectivity index (χ3v) is 4.78. The topological polar surface area (TPSA) is 99.4 Å². The van der Waals surface area contributed by atoms with Crippen LogP contribution in [0, 0.1) is 13.8 Å². The van der Waals surface area contributed by atoms with Crippen LogP contribution in [0.15, 0.2) is 70.4 Å². The van der Waals surface area contributed by atoms with Crippen LogP contribution in [0.25, 0.3) is 0 Å². The monoisotopic (exact) mass is 421 g/mol. The lowest BCUT2D eigenvalue weighted by Crippen LogP contribution is -2.41. The largest absolute Gasteiger partial charge is 0.454 e. The summed E-state index contributed by atoms with van der Waals surface area (Å²) >= 11 is 0. The number of hydrogen-bond donors (Lipinski definition) is 1. The van der Waals surface area contributed by atoms with Crippen LogP contribution >= 0.6 is 0 Å². The first-order valence-electron chi connectivity index (χ1n) is 9.70. The molecule has 0 spiro atoms. The number of benzene rings is 2. The molecule has 0 fully saturated rings. The van der Waals surface area contributed by atoms with Gasteiger partial charge in [0.15, 0.2) is 6.61 Å². The van der Waals surface area contributed by atoms with E-state index in [4.69, 9.17) is 4.74 Å². The van der Waals surface area contributed by atoms with E-state index in [1.54, 1.807) is 6.07 Å². The Bertz CT molecular complexity index is 1210. The van der Waals surface area contributed by atoms with E-state index >= 15 is 0 Å². The summed E-state index contributed by atoms with van der Waals surface area (Å²) in [7, 11) is 0. The number of aryl methyl sites for hydroxylation is 2. The number of carbonyl (C=O) groups is 2. The molecule has 1 aromatic heterocycles. The molecule has 31 heavy (non-hydrogen) atoms. The number of amides is 1. The molecule has 0 atom stereocenters. The number of ether oxygens (including phenoxy) is 1. The molecule has 2 aromatic carbocycles. The Kier molecular flexibility index (Phi) is 6.81. The van der Waals surface area contributed by atoms with Crippen molar-refractivity contribution >= 4 is 17.6 Å². The Morgan fingerprint density at radius 3 is 2.42 bits per heavy atom. The maximum absolute atomic E-state index is 12.6. The highest BCUT2D eigenvalue weighted by molar-refractivity contribution is 5.92. The van der Waals surface area contributed by atoms with Gasteiger partial charge < -0.3 is 10.1 Å². The highest BCUT2D eigenvalue weighted by atomic mass is 16.5. The van der Waals surface area contributed by atoms with Gasteiger partial charge in [-0.25, -0.2) is 9.36 Å². The first-order valence-corrected chi connectivity index (χ1v) is 9.70. The van der Waals surface area contributed by atoms with Crippen LogP contribution in [0.4, 0.5) is 5.69 Å². The summed E-state index contributed by atoms with van der Waals surface area (Å²) in [5, 5.41) is 2.64. The molecule has 0 saturated heterocycles. The van der Waals surface area contributed by atoms with E-state index in [1.807, 2.05) is 56.3 Å². The second kappa shape index (κ2) is 9.71. The van der Waals surface area contributed by atoms with Crippen molar-refractivity contribution in [2.24, 2.45) is 0 Å². The van der Waals surface area contributed by atoms with E-state index in [-0.39, 0.29) is 6.54 Å². The van der Waals surface area contributed by atoms with E-state index in [1.165, 1.54) is 16.8 Å². The highest BCUT2D eigenvalue weighted by Gasteiger charge is 2.13. The zero-order valence-electron chi connectivity index (χ0n) is 17.3. The number of carbonyl (C=O) groups excluding carboxylic acids is 2. The Morgan fingerprint density at radius 2 is 1.71 bits per heavy atom. The van der Waals surface area contributed by atoms with Crippen LogP contribution in [-0.4, -0.2) is 27.6 Å². The molecule has 8 nitrogen and oxygen atoms in total. The number of rotatable bonds is 7. The summed E-state index contributed by atoms with van der Waals surface area (Å²) in [6.07, 6.45) is 1.39. The third-order valence-electron chi connectivity index (χ3n) is 4.78. The molecule has 0 aliphatic rings. The van der Waals surface area contributed by atoms with Crippen molar-refractivity contribution in [2.45, 2.75) is 26.9 Å². The Balaban J connectivity index is 1.61. The fraction of sp³-hybridized carbons (Fsp3) is 0.217. The van der Waals surface area contributed by atoms with Crippen molar-refractivity contribution in [1.82, 2.24) is 9.13 Å². The van der Waals surface area contributed by atoms with Gasteiger partial charge in [-0.15, -0.1) is 0 Å². The van der Waals surface area contributed by atoms with Crippen molar-refractivity contribution in [3.63, 3.8) is 0 Å². The van der Waals surface area contributed by atoms with Crippen LogP contribution in [0.1, 0.15) is 16.7 Å². The predicted octanol–water partition coefficient (Wildman–Crippen LogP) is 1.86. The van der Waals surface area contributed by atoms with Gasteiger partial charge in [-0.1, -0.05) is 36.4 Å². The summed E-state index contributed by atoms with van der Waals surface area (Å²) < 4.78 is 7.06. The van der Waals surface area contributed by atoms with Crippen LogP contribution in [0.3, 0.4) is 0 Å². The smallest absolute Gasteiger partial charge is 0.331 e. The Labute approximate surface area is 178 Å². The molecule has 160 valence electrons. The molecule has 1 amide bonds. The van der Waals surface area contributed by atoms with Gasteiger partial charge in [0.1, 0.15) is 6.54 Å². The van der Waals surface area contributed by atoms with E-state index in [0.29, 0.717) is 5.69 Å². The first kappa shape index (κ1) is 21.8. The number of nitrogens with one attached hydrogen (secondary N) is 1. The summed E-state index contributed by atoms with van der Waals surface area (Å²) in [6.45, 7) is 3.04. The first-order chi connectivity index (χ1) is 14.8. The second-order valence-corrected chi connectivity index (χ2v) is 7.14. The molecule has 0 aliphatic heterocycles. The number of hydrogen-bond acceptors (Lipinski definition) is 5. The van der Waals surface area contributed by atoms with Crippen molar-refractivity contribution in [2.75, 3.05) is 11.9 Å². The summed E-state index contributed by atoms with van der Waals surface area (Å²) in [6, 6.07) is 15.9. The molecular weight excluding hydrogens is 398 g/mol. The van der Waals surface area contributed by atoms with Gasteiger partial charge in [0.25, 0.3) is 11.5 Å². The molecule has 3 aromatic rings. The zero-order chi connectivity index (χ0) is 22.4. The number of esters is 1. The van der Waals surface area contributed by atoms with E-state index in [2.05, 4.69) is 5.32 Å². The standard InChI is InChI=1S/C23H23N3O5/c1-16-8-9-19(12-17(16)2)24-20(27)15-31-22(29)14-26-21(28)10-11-25(23(26)30)13-18-6-4-3-5-7-18/h3-12H,13-15H2,1-2H3,(H,24,27). The quantitative estimate of drug-likeness (QED) is 0.587. The van der Waals surface area contributed by atoms with Gasteiger partial charge in [-0.3, -0.25) is 19.0 Å². The van der Waals surface area contributed by atoms with Gasteiger partial charge in [0.2, 0.25) is 0 Å². The van der Waals surface area contributed by atoms with E-state index in [0.717, 1.165) is 21.3 Å². The Morgan fingerprint density at radius 1 is 0.968 bits per heavy atom. The summed E-state index contributed by atoms with van der Waals surface area (Å²) in [5.41, 5.74) is 2.33. The molecule has 3 rings (SSSR count). The third kappa shape index (κ3) is 5.79. The van der Waals surface area contributed by atoms with Gasteiger partial charge >= 0.3 is 11.7 Å². The molecule has 1 heterocycles. The van der Waals surface area contributed by atoms with Gasteiger partial charge in [0, 0.05) is 18.0 Å². The minimum Gasteiger partial charge on any atom is -0.454 e. The molecule has 0 saturated carbocycles. The van der Waals surface area contributed by atoms with Crippen LogP contribution in [0.5, 0.6) is 0 Å². The number of nitrogens with zero attached hydrogens (tertiary/aromatic N) is 2. The van der Waals surface area contributed by atoms with Gasteiger partial charge in [0.05, 0.1) is 6.54 Å². The van der Waals surface area contributed by atoms with Crippen molar-refractivity contribution in [1.29, 1.82) is 0 Å². The molecular formula is C23H23N3O5. The highest BCUT2D eigenvalue weighted by Crippen LogP contribution is 2.13.